The van der Waals surface area contributed by atoms with Gasteiger partial charge in [0.25, 0.3) is 5.91 Å². The van der Waals surface area contributed by atoms with Crippen molar-refractivity contribution < 1.29 is 24.2 Å². The first-order chi connectivity index (χ1) is 10.8. The van der Waals surface area contributed by atoms with Crippen molar-refractivity contribution in [1.82, 2.24) is 0 Å². The van der Waals surface area contributed by atoms with Crippen molar-refractivity contribution in [2.24, 2.45) is 0 Å². The number of carbonyl (C=O) groups is 2. The molecule has 23 heavy (non-hydrogen) atoms. The van der Waals surface area contributed by atoms with Crippen LogP contribution in [0.4, 0.5) is 10.1 Å². The summed E-state index contributed by atoms with van der Waals surface area (Å²) < 4.78 is 13.3. The number of carbonyl (C=O) groups excluding carboxylic acids is 1. The highest BCUT2D eigenvalue weighted by molar-refractivity contribution is 6.31. The first kappa shape index (κ1) is 16.8. The summed E-state index contributed by atoms with van der Waals surface area (Å²) in [5.74, 6) is -2.96. The van der Waals surface area contributed by atoms with Crippen molar-refractivity contribution >= 4 is 29.2 Å². The van der Waals surface area contributed by atoms with Crippen LogP contribution in [0.2, 0.25) is 5.02 Å². The van der Waals surface area contributed by atoms with E-state index in [1.807, 2.05) is 0 Å². The van der Waals surface area contributed by atoms with Gasteiger partial charge in [-0.05, 0) is 37.3 Å². The Morgan fingerprint density at radius 3 is 2.43 bits per heavy atom. The maximum absolute atomic E-state index is 13.3. The number of aromatic hydroxyl groups is 1. The predicted octanol–water partition coefficient (Wildman–Crippen LogP) is 3.30. The number of carboxylic acids is 1. The minimum Gasteiger partial charge on any atom is -0.507 e. The van der Waals surface area contributed by atoms with Crippen LogP contribution >= 0.6 is 11.6 Å². The first-order valence-corrected chi connectivity index (χ1v) is 7.00. The van der Waals surface area contributed by atoms with Crippen molar-refractivity contribution in [2.75, 3.05) is 4.90 Å². The third-order valence-corrected chi connectivity index (χ3v) is 3.57. The zero-order valence-electron chi connectivity index (χ0n) is 12.0. The van der Waals surface area contributed by atoms with Gasteiger partial charge in [-0.2, -0.15) is 0 Å². The van der Waals surface area contributed by atoms with Crippen LogP contribution in [0, 0.1) is 5.82 Å². The quantitative estimate of drug-likeness (QED) is 0.897. The van der Waals surface area contributed by atoms with E-state index >= 15 is 0 Å². The van der Waals surface area contributed by atoms with Gasteiger partial charge < -0.3 is 10.2 Å². The topological polar surface area (TPSA) is 77.8 Å². The van der Waals surface area contributed by atoms with Gasteiger partial charge in [0.2, 0.25) is 0 Å². The van der Waals surface area contributed by atoms with E-state index in [1.165, 1.54) is 37.3 Å². The molecular formula is C16H13ClFNO4. The van der Waals surface area contributed by atoms with Crippen molar-refractivity contribution in [3.8, 4) is 5.75 Å². The van der Waals surface area contributed by atoms with Crippen LogP contribution in [0.5, 0.6) is 5.75 Å². The summed E-state index contributed by atoms with van der Waals surface area (Å²) in [7, 11) is 0. The number of aliphatic carboxylic acids is 1. The van der Waals surface area contributed by atoms with Crippen molar-refractivity contribution in [3.05, 3.63) is 58.9 Å². The van der Waals surface area contributed by atoms with E-state index in [0.29, 0.717) is 0 Å². The Morgan fingerprint density at radius 2 is 1.87 bits per heavy atom. The monoisotopic (exact) mass is 337 g/mol. The molecule has 0 spiro atoms. The molecule has 5 nitrogen and oxygen atoms in total. The van der Waals surface area contributed by atoms with Gasteiger partial charge >= 0.3 is 5.97 Å². The summed E-state index contributed by atoms with van der Waals surface area (Å²) in [4.78, 5) is 24.9. The Balaban J connectivity index is 2.54. The highest BCUT2D eigenvalue weighted by atomic mass is 35.5. The second-order valence-corrected chi connectivity index (χ2v) is 5.21. The molecule has 0 aliphatic rings. The average Bonchev–Trinajstić information content (AvgIpc) is 2.51. The lowest BCUT2D eigenvalue weighted by molar-refractivity contribution is -0.138. The minimum atomic E-state index is -1.26. The van der Waals surface area contributed by atoms with E-state index in [2.05, 4.69) is 0 Å². The van der Waals surface area contributed by atoms with Gasteiger partial charge in [0.05, 0.1) is 10.6 Å². The lowest BCUT2D eigenvalue weighted by Crippen LogP contribution is -2.43. The summed E-state index contributed by atoms with van der Waals surface area (Å²) in [6.07, 6.45) is 0. The molecule has 0 aliphatic heterocycles. The number of amides is 1. The molecule has 120 valence electrons. The molecule has 2 aromatic carbocycles. The molecule has 0 fully saturated rings. The number of halogens is 2. The second-order valence-electron chi connectivity index (χ2n) is 4.80. The normalized spacial score (nSPS) is 11.8. The standard InChI is InChI=1S/C16H13ClFNO4/c1-9(16(22)23)19(10-6-7-13(18)12(17)8-10)15(21)11-4-2-3-5-14(11)20/h2-9,20H,1H3,(H,22,23). The fourth-order valence-corrected chi connectivity index (χ4v) is 2.22. The number of nitrogens with zero attached hydrogens (tertiary/aromatic N) is 1. The molecule has 1 amide bonds. The van der Waals surface area contributed by atoms with E-state index in [1.54, 1.807) is 0 Å². The smallest absolute Gasteiger partial charge is 0.326 e. The van der Waals surface area contributed by atoms with Crippen LogP contribution in [0.25, 0.3) is 0 Å². The number of anilines is 1. The SMILES string of the molecule is CC(C(=O)O)N(C(=O)c1ccccc1O)c1ccc(F)c(Cl)c1. The summed E-state index contributed by atoms with van der Waals surface area (Å²) in [5, 5.41) is 18.8. The summed E-state index contributed by atoms with van der Waals surface area (Å²) >= 11 is 5.71. The molecule has 2 aromatic rings. The van der Waals surface area contributed by atoms with E-state index in [9.17, 15) is 24.2 Å². The van der Waals surface area contributed by atoms with Gasteiger partial charge in [0.15, 0.2) is 0 Å². The Hall–Kier alpha value is -2.60. The van der Waals surface area contributed by atoms with Gasteiger partial charge in [-0.25, -0.2) is 9.18 Å². The van der Waals surface area contributed by atoms with E-state index in [0.717, 1.165) is 17.0 Å². The summed E-state index contributed by atoms with van der Waals surface area (Å²) in [6, 6.07) is 7.95. The molecule has 0 bridgehead atoms. The Labute approximate surface area is 136 Å². The molecule has 2 N–H and O–H groups in total. The molecule has 0 aromatic heterocycles. The Morgan fingerprint density at radius 1 is 1.22 bits per heavy atom. The van der Waals surface area contributed by atoms with Gasteiger partial charge in [0.1, 0.15) is 17.6 Å². The average molecular weight is 338 g/mol. The van der Waals surface area contributed by atoms with Gasteiger partial charge in [0, 0.05) is 5.69 Å². The van der Waals surface area contributed by atoms with Crippen LogP contribution < -0.4 is 4.90 Å². The maximum atomic E-state index is 13.3. The fourth-order valence-electron chi connectivity index (χ4n) is 2.05. The van der Waals surface area contributed by atoms with Crippen molar-refractivity contribution in [2.45, 2.75) is 13.0 Å². The van der Waals surface area contributed by atoms with Crippen molar-refractivity contribution in [1.29, 1.82) is 0 Å². The van der Waals surface area contributed by atoms with E-state index in [-0.39, 0.29) is 22.0 Å². The lowest BCUT2D eigenvalue weighted by Gasteiger charge is -2.27. The third-order valence-electron chi connectivity index (χ3n) is 3.28. The largest absolute Gasteiger partial charge is 0.507 e. The van der Waals surface area contributed by atoms with Crippen molar-refractivity contribution in [3.63, 3.8) is 0 Å². The molecule has 7 heteroatoms. The third kappa shape index (κ3) is 3.43. The predicted molar refractivity (Wildman–Crippen MR) is 83.4 cm³/mol. The maximum Gasteiger partial charge on any atom is 0.326 e. The molecule has 1 unspecified atom stereocenters. The zero-order valence-corrected chi connectivity index (χ0v) is 12.8. The van der Waals surface area contributed by atoms with Gasteiger partial charge in [-0.3, -0.25) is 9.69 Å². The molecule has 0 saturated heterocycles. The van der Waals surface area contributed by atoms with Crippen LogP contribution in [0.3, 0.4) is 0 Å². The van der Waals surface area contributed by atoms with Crippen LogP contribution in [0.15, 0.2) is 42.5 Å². The van der Waals surface area contributed by atoms with Crippen LogP contribution in [0.1, 0.15) is 17.3 Å². The number of phenols is 1. The van der Waals surface area contributed by atoms with Gasteiger partial charge in [-0.15, -0.1) is 0 Å². The number of phenolic OH excluding ortho intramolecular Hbond substituents is 1. The number of hydrogen-bond donors (Lipinski definition) is 2. The number of rotatable bonds is 4. The Kier molecular flexibility index (Phi) is 4.86. The highest BCUT2D eigenvalue weighted by Crippen LogP contribution is 2.28. The Bertz CT molecular complexity index is 765. The highest BCUT2D eigenvalue weighted by Gasteiger charge is 2.29. The number of carboxylic acid groups (broad SMARTS) is 1. The number of benzene rings is 2. The molecular weight excluding hydrogens is 325 g/mol. The van der Waals surface area contributed by atoms with Crippen LogP contribution in [-0.4, -0.2) is 28.1 Å². The molecule has 1 atom stereocenters. The summed E-state index contributed by atoms with van der Waals surface area (Å²) in [5.41, 5.74) is 0.0422. The number of hydrogen-bond acceptors (Lipinski definition) is 3. The number of para-hydroxylation sites is 1. The molecule has 0 heterocycles. The minimum absolute atomic E-state index is 0.0685. The molecule has 0 aliphatic carbocycles. The zero-order chi connectivity index (χ0) is 17.1. The van der Waals surface area contributed by atoms with Crippen LogP contribution in [-0.2, 0) is 4.79 Å². The molecule has 2 rings (SSSR count). The lowest BCUT2D eigenvalue weighted by atomic mass is 10.1. The molecule has 0 saturated carbocycles. The fraction of sp³-hybridized carbons (Fsp3) is 0.125. The molecule has 0 radical (unpaired) electrons. The first-order valence-electron chi connectivity index (χ1n) is 6.62. The van der Waals surface area contributed by atoms with E-state index in [4.69, 9.17) is 11.6 Å². The van der Waals surface area contributed by atoms with Gasteiger partial charge in [-0.1, -0.05) is 23.7 Å². The summed E-state index contributed by atoms with van der Waals surface area (Å²) in [6.45, 7) is 1.30. The second kappa shape index (κ2) is 6.66. The van der Waals surface area contributed by atoms with E-state index < -0.39 is 23.7 Å².